The van der Waals surface area contributed by atoms with Crippen LogP contribution in [0.15, 0.2) is 54.6 Å². The Kier molecular flexibility index (Phi) is 6.99. The number of ether oxygens (including phenoxy) is 1. The number of carbonyl (C=O) groups excluding carboxylic acids is 2. The molecule has 6 nitrogen and oxygen atoms in total. The Morgan fingerprint density at radius 2 is 1.84 bits per heavy atom. The van der Waals surface area contributed by atoms with Gasteiger partial charge in [0.2, 0.25) is 11.8 Å². The SMILES string of the molecule is O=C(/C=C/c1ccccc1)NCCC(=O)N1CCN(Cc2ccc3c(c2)CCO3)CC1. The second kappa shape index (κ2) is 10.3. The molecular weight excluding hydrogens is 390 g/mol. The highest BCUT2D eigenvalue weighted by Crippen LogP contribution is 2.26. The standard InChI is InChI=1S/C25H29N3O3/c29-24(9-7-20-4-2-1-3-5-20)26-12-10-25(30)28-15-13-27(14-16-28)19-21-6-8-23-22(18-21)11-17-31-23/h1-9,18H,10-17,19H2,(H,26,29)/b9-7+. The van der Waals surface area contributed by atoms with E-state index in [4.69, 9.17) is 4.74 Å². The van der Waals surface area contributed by atoms with Gasteiger partial charge < -0.3 is 15.0 Å². The van der Waals surface area contributed by atoms with Crippen LogP contribution >= 0.6 is 0 Å². The summed E-state index contributed by atoms with van der Waals surface area (Å²) in [5, 5.41) is 2.79. The van der Waals surface area contributed by atoms with Crippen molar-refractivity contribution in [3.63, 3.8) is 0 Å². The normalized spacial score (nSPS) is 16.2. The number of hydrogen-bond acceptors (Lipinski definition) is 4. The number of rotatable bonds is 7. The van der Waals surface area contributed by atoms with Crippen molar-refractivity contribution in [1.82, 2.24) is 15.1 Å². The number of amides is 2. The molecule has 31 heavy (non-hydrogen) atoms. The molecule has 162 valence electrons. The quantitative estimate of drug-likeness (QED) is 0.701. The minimum absolute atomic E-state index is 0.0988. The van der Waals surface area contributed by atoms with Gasteiger partial charge in [-0.2, -0.15) is 0 Å². The molecule has 2 aromatic carbocycles. The topological polar surface area (TPSA) is 61.9 Å². The molecule has 0 bridgehead atoms. The molecule has 0 atom stereocenters. The van der Waals surface area contributed by atoms with Crippen molar-refractivity contribution < 1.29 is 14.3 Å². The summed E-state index contributed by atoms with van der Waals surface area (Å²) in [5.41, 5.74) is 3.57. The van der Waals surface area contributed by atoms with E-state index in [2.05, 4.69) is 28.4 Å². The number of nitrogens with zero attached hydrogens (tertiary/aromatic N) is 2. The molecule has 6 heteroatoms. The van der Waals surface area contributed by atoms with E-state index < -0.39 is 0 Å². The highest BCUT2D eigenvalue weighted by Gasteiger charge is 2.21. The average Bonchev–Trinajstić information content (AvgIpc) is 3.27. The number of hydrogen-bond donors (Lipinski definition) is 1. The lowest BCUT2D eigenvalue weighted by molar-refractivity contribution is -0.132. The number of benzene rings is 2. The lowest BCUT2D eigenvalue weighted by atomic mass is 10.1. The van der Waals surface area contributed by atoms with E-state index in [1.807, 2.05) is 35.2 Å². The van der Waals surface area contributed by atoms with Gasteiger partial charge in [0.15, 0.2) is 0 Å². The molecule has 0 aliphatic carbocycles. The third kappa shape index (κ3) is 5.95. The van der Waals surface area contributed by atoms with Gasteiger partial charge in [-0.1, -0.05) is 42.5 Å². The molecule has 0 unspecified atom stereocenters. The lowest BCUT2D eigenvalue weighted by Crippen LogP contribution is -2.48. The molecule has 1 saturated heterocycles. The second-order valence-electron chi connectivity index (χ2n) is 7.98. The largest absolute Gasteiger partial charge is 0.493 e. The molecule has 2 aliphatic heterocycles. The molecule has 0 radical (unpaired) electrons. The third-order valence-electron chi connectivity index (χ3n) is 5.75. The first-order valence-corrected chi connectivity index (χ1v) is 10.9. The van der Waals surface area contributed by atoms with Crippen molar-refractivity contribution in [3.8, 4) is 5.75 Å². The van der Waals surface area contributed by atoms with Crippen LogP contribution in [-0.2, 0) is 22.6 Å². The summed E-state index contributed by atoms with van der Waals surface area (Å²) in [6.45, 7) is 5.23. The van der Waals surface area contributed by atoms with Crippen molar-refractivity contribution in [2.24, 2.45) is 0 Å². The van der Waals surface area contributed by atoms with Crippen molar-refractivity contribution in [2.75, 3.05) is 39.3 Å². The van der Waals surface area contributed by atoms with Crippen molar-refractivity contribution in [2.45, 2.75) is 19.4 Å². The zero-order chi connectivity index (χ0) is 21.5. The van der Waals surface area contributed by atoms with Gasteiger partial charge in [0.05, 0.1) is 6.61 Å². The highest BCUT2D eigenvalue weighted by atomic mass is 16.5. The zero-order valence-corrected chi connectivity index (χ0v) is 17.8. The third-order valence-corrected chi connectivity index (χ3v) is 5.75. The van der Waals surface area contributed by atoms with Gasteiger partial charge in [0, 0.05) is 58.2 Å². The van der Waals surface area contributed by atoms with Gasteiger partial charge in [0.25, 0.3) is 0 Å². The Labute approximate surface area is 183 Å². The average molecular weight is 420 g/mol. The maximum atomic E-state index is 12.5. The van der Waals surface area contributed by atoms with Gasteiger partial charge in [0.1, 0.15) is 5.75 Å². The van der Waals surface area contributed by atoms with Gasteiger partial charge >= 0.3 is 0 Å². The van der Waals surface area contributed by atoms with Gasteiger partial charge in [-0.15, -0.1) is 0 Å². The fourth-order valence-electron chi connectivity index (χ4n) is 4.00. The Bertz CT molecular complexity index is 934. The van der Waals surface area contributed by atoms with Crippen LogP contribution in [0.1, 0.15) is 23.1 Å². The minimum atomic E-state index is -0.179. The fraction of sp³-hybridized carbons (Fsp3) is 0.360. The predicted octanol–water partition coefficient (Wildman–Crippen LogP) is 2.49. The number of nitrogens with one attached hydrogen (secondary N) is 1. The molecule has 2 aromatic rings. The lowest BCUT2D eigenvalue weighted by Gasteiger charge is -2.35. The van der Waals surface area contributed by atoms with Crippen LogP contribution in [-0.4, -0.2) is 60.9 Å². The van der Waals surface area contributed by atoms with Crippen LogP contribution in [0, 0.1) is 0 Å². The van der Waals surface area contributed by atoms with Crippen LogP contribution in [0.3, 0.4) is 0 Å². The minimum Gasteiger partial charge on any atom is -0.493 e. The van der Waals surface area contributed by atoms with Gasteiger partial charge in [-0.3, -0.25) is 14.5 Å². The van der Waals surface area contributed by atoms with Crippen LogP contribution in [0.5, 0.6) is 5.75 Å². The molecular formula is C25H29N3O3. The van der Waals surface area contributed by atoms with Crippen LogP contribution in [0.4, 0.5) is 0 Å². The maximum absolute atomic E-state index is 12.5. The summed E-state index contributed by atoms with van der Waals surface area (Å²) in [5.74, 6) is 0.935. The first kappa shape index (κ1) is 21.1. The predicted molar refractivity (Wildman–Crippen MR) is 121 cm³/mol. The molecule has 4 rings (SSSR count). The van der Waals surface area contributed by atoms with E-state index in [-0.39, 0.29) is 11.8 Å². The smallest absolute Gasteiger partial charge is 0.244 e. The van der Waals surface area contributed by atoms with Crippen molar-refractivity contribution in [1.29, 1.82) is 0 Å². The van der Waals surface area contributed by atoms with Crippen molar-refractivity contribution >= 4 is 17.9 Å². The van der Waals surface area contributed by atoms with E-state index in [0.29, 0.717) is 13.0 Å². The first-order valence-electron chi connectivity index (χ1n) is 10.9. The van der Waals surface area contributed by atoms with Crippen molar-refractivity contribution in [3.05, 3.63) is 71.3 Å². The molecule has 1 N–H and O–H groups in total. The number of fused-ring (bicyclic) bond motifs is 1. The van der Waals surface area contributed by atoms with Crippen LogP contribution in [0.25, 0.3) is 6.08 Å². The Balaban J connectivity index is 1.15. The summed E-state index contributed by atoms with van der Waals surface area (Å²) in [7, 11) is 0. The van der Waals surface area contributed by atoms with E-state index in [1.54, 1.807) is 6.08 Å². The van der Waals surface area contributed by atoms with Gasteiger partial charge in [-0.05, 0) is 28.8 Å². The van der Waals surface area contributed by atoms with E-state index >= 15 is 0 Å². The molecule has 1 fully saturated rings. The number of piperazine rings is 1. The molecule has 0 saturated carbocycles. The molecule has 2 heterocycles. The second-order valence-corrected chi connectivity index (χ2v) is 7.98. The first-order chi connectivity index (χ1) is 15.2. The number of carbonyl (C=O) groups is 2. The Hall–Kier alpha value is -3.12. The summed E-state index contributed by atoms with van der Waals surface area (Å²) >= 11 is 0. The molecule has 0 aromatic heterocycles. The van der Waals surface area contributed by atoms with E-state index in [9.17, 15) is 9.59 Å². The fourth-order valence-corrected chi connectivity index (χ4v) is 4.00. The maximum Gasteiger partial charge on any atom is 0.244 e. The van der Waals surface area contributed by atoms with E-state index in [1.165, 1.54) is 17.2 Å². The van der Waals surface area contributed by atoms with Gasteiger partial charge in [-0.25, -0.2) is 0 Å². The highest BCUT2D eigenvalue weighted by molar-refractivity contribution is 5.92. The monoisotopic (exact) mass is 419 g/mol. The molecule has 2 aliphatic rings. The Morgan fingerprint density at radius 3 is 2.65 bits per heavy atom. The van der Waals surface area contributed by atoms with Crippen LogP contribution < -0.4 is 10.1 Å². The zero-order valence-electron chi connectivity index (χ0n) is 17.8. The summed E-state index contributed by atoms with van der Waals surface area (Å²) in [4.78, 5) is 28.7. The summed E-state index contributed by atoms with van der Waals surface area (Å²) < 4.78 is 5.58. The van der Waals surface area contributed by atoms with E-state index in [0.717, 1.165) is 57.1 Å². The molecule has 2 amide bonds. The summed E-state index contributed by atoms with van der Waals surface area (Å²) in [6, 6.07) is 16.1. The molecule has 0 spiro atoms. The Morgan fingerprint density at radius 1 is 1.03 bits per heavy atom. The summed E-state index contributed by atoms with van der Waals surface area (Å²) in [6.07, 6.45) is 4.59. The van der Waals surface area contributed by atoms with Crippen LogP contribution in [0.2, 0.25) is 0 Å².